The molecule has 1 fully saturated rings. The summed E-state index contributed by atoms with van der Waals surface area (Å²) in [6, 6.07) is 2.01. The van der Waals surface area contributed by atoms with E-state index < -0.39 is 0 Å². The summed E-state index contributed by atoms with van der Waals surface area (Å²) in [6.07, 6.45) is 3.81. The smallest absolute Gasteiger partial charge is 0.188 e. The van der Waals surface area contributed by atoms with Gasteiger partial charge in [0.2, 0.25) is 0 Å². The lowest BCUT2D eigenvalue weighted by Crippen LogP contribution is -2.20. The summed E-state index contributed by atoms with van der Waals surface area (Å²) in [5.41, 5.74) is 7.89. The molecule has 1 aliphatic carbocycles. The lowest BCUT2D eigenvalue weighted by Gasteiger charge is -2.16. The molecule has 0 aromatic carbocycles. The first kappa shape index (κ1) is 11.9. The molecule has 0 amide bonds. The summed E-state index contributed by atoms with van der Waals surface area (Å²) in [7, 11) is 0. The van der Waals surface area contributed by atoms with E-state index in [9.17, 15) is 0 Å². The quantitative estimate of drug-likeness (QED) is 0.820. The predicted molar refractivity (Wildman–Crippen MR) is 67.5 cm³/mol. The molecule has 2 N–H and O–H groups in total. The maximum Gasteiger partial charge on any atom is 0.188 e. The molecular weight excluding hydrogens is 218 g/mol. The van der Waals surface area contributed by atoms with Crippen molar-refractivity contribution in [1.29, 1.82) is 0 Å². The van der Waals surface area contributed by atoms with Crippen molar-refractivity contribution in [3.05, 3.63) is 17.5 Å². The average molecular weight is 237 g/mol. The summed E-state index contributed by atoms with van der Waals surface area (Å²) in [5.74, 6) is 0.648. The van der Waals surface area contributed by atoms with Crippen molar-refractivity contribution in [2.24, 2.45) is 11.7 Å². The number of aromatic nitrogens is 2. The van der Waals surface area contributed by atoms with E-state index in [1.165, 1.54) is 19.3 Å². The summed E-state index contributed by atoms with van der Waals surface area (Å²) >= 11 is 1.81. The zero-order chi connectivity index (χ0) is 11.5. The molecule has 2 unspecified atom stereocenters. The van der Waals surface area contributed by atoms with Crippen molar-refractivity contribution in [3.8, 4) is 0 Å². The highest BCUT2D eigenvalue weighted by Gasteiger charge is 2.27. The second-order valence-electron chi connectivity index (χ2n) is 4.52. The molecule has 0 aliphatic heterocycles. The van der Waals surface area contributed by atoms with Crippen molar-refractivity contribution in [3.63, 3.8) is 0 Å². The number of hydrogen-bond donors (Lipinski definition) is 1. The van der Waals surface area contributed by atoms with Crippen LogP contribution < -0.4 is 5.73 Å². The van der Waals surface area contributed by atoms with Crippen molar-refractivity contribution in [2.45, 2.75) is 43.5 Å². The Kier molecular flexibility index (Phi) is 3.82. The molecule has 3 nitrogen and oxygen atoms in total. The van der Waals surface area contributed by atoms with E-state index in [0.717, 1.165) is 23.1 Å². The standard InChI is InChI=1S/C12H19N3S/c1-8-6-9(2)15-12(14-8)16-11-5-3-4-10(11)7-13/h6,10-11H,3-5,7,13H2,1-2H3. The van der Waals surface area contributed by atoms with Crippen LogP contribution in [0.1, 0.15) is 30.7 Å². The Balaban J connectivity index is 2.08. The predicted octanol–water partition coefficient (Wildman–Crippen LogP) is 2.31. The summed E-state index contributed by atoms with van der Waals surface area (Å²) < 4.78 is 0. The topological polar surface area (TPSA) is 51.8 Å². The molecule has 2 atom stereocenters. The van der Waals surface area contributed by atoms with Crippen LogP contribution in [0.25, 0.3) is 0 Å². The Morgan fingerprint density at radius 1 is 1.31 bits per heavy atom. The summed E-state index contributed by atoms with van der Waals surface area (Å²) in [4.78, 5) is 8.95. The Morgan fingerprint density at radius 3 is 2.62 bits per heavy atom. The van der Waals surface area contributed by atoms with E-state index in [4.69, 9.17) is 5.73 Å². The number of hydrogen-bond acceptors (Lipinski definition) is 4. The maximum absolute atomic E-state index is 5.78. The fraction of sp³-hybridized carbons (Fsp3) is 0.667. The average Bonchev–Trinajstić information content (AvgIpc) is 2.63. The Hall–Kier alpha value is -0.610. The fourth-order valence-corrected chi connectivity index (χ4v) is 3.70. The fourth-order valence-electron chi connectivity index (χ4n) is 2.31. The lowest BCUT2D eigenvalue weighted by atomic mass is 10.1. The monoisotopic (exact) mass is 237 g/mol. The van der Waals surface area contributed by atoms with E-state index in [-0.39, 0.29) is 0 Å². The van der Waals surface area contributed by atoms with Crippen LogP contribution in [0.4, 0.5) is 0 Å². The van der Waals surface area contributed by atoms with Gasteiger partial charge in [0, 0.05) is 16.6 Å². The first-order valence-electron chi connectivity index (χ1n) is 5.88. The third kappa shape index (κ3) is 2.74. The van der Waals surface area contributed by atoms with Gasteiger partial charge in [0.25, 0.3) is 0 Å². The van der Waals surface area contributed by atoms with Crippen LogP contribution in [0.3, 0.4) is 0 Å². The van der Waals surface area contributed by atoms with Gasteiger partial charge in [-0.2, -0.15) is 0 Å². The van der Waals surface area contributed by atoms with Crippen LogP contribution in [0.5, 0.6) is 0 Å². The molecule has 1 heterocycles. The van der Waals surface area contributed by atoms with E-state index in [2.05, 4.69) is 9.97 Å². The minimum absolute atomic E-state index is 0.617. The SMILES string of the molecule is Cc1cc(C)nc(SC2CCCC2CN)n1. The van der Waals surface area contributed by atoms with Crippen molar-refractivity contribution in [1.82, 2.24) is 9.97 Å². The normalized spacial score (nSPS) is 24.9. The van der Waals surface area contributed by atoms with Crippen LogP contribution in [-0.4, -0.2) is 21.8 Å². The highest BCUT2D eigenvalue weighted by molar-refractivity contribution is 7.99. The molecule has 0 radical (unpaired) electrons. The van der Waals surface area contributed by atoms with E-state index in [1.807, 2.05) is 31.7 Å². The van der Waals surface area contributed by atoms with Gasteiger partial charge in [-0.3, -0.25) is 0 Å². The second kappa shape index (κ2) is 5.15. The molecule has 1 saturated carbocycles. The van der Waals surface area contributed by atoms with Gasteiger partial charge in [-0.1, -0.05) is 18.2 Å². The van der Waals surface area contributed by atoms with Crippen LogP contribution in [0.15, 0.2) is 11.2 Å². The molecular formula is C12H19N3S. The van der Waals surface area contributed by atoms with Gasteiger partial charge in [-0.25, -0.2) is 9.97 Å². The molecule has 1 aliphatic rings. The minimum Gasteiger partial charge on any atom is -0.330 e. The lowest BCUT2D eigenvalue weighted by molar-refractivity contribution is 0.572. The number of thioether (sulfide) groups is 1. The second-order valence-corrected chi connectivity index (χ2v) is 5.72. The third-order valence-electron chi connectivity index (χ3n) is 3.11. The zero-order valence-electron chi connectivity index (χ0n) is 9.94. The summed E-state index contributed by atoms with van der Waals surface area (Å²) in [6.45, 7) is 4.84. The van der Waals surface area contributed by atoms with Crippen LogP contribution >= 0.6 is 11.8 Å². The van der Waals surface area contributed by atoms with Gasteiger partial charge in [0.05, 0.1) is 0 Å². The third-order valence-corrected chi connectivity index (χ3v) is 4.43. The Labute approximate surface area is 101 Å². The van der Waals surface area contributed by atoms with Gasteiger partial charge in [-0.05, 0) is 45.2 Å². The largest absolute Gasteiger partial charge is 0.330 e. The number of aryl methyl sites for hydroxylation is 2. The molecule has 2 rings (SSSR count). The molecule has 0 bridgehead atoms. The van der Waals surface area contributed by atoms with Crippen molar-refractivity contribution >= 4 is 11.8 Å². The van der Waals surface area contributed by atoms with Crippen LogP contribution in [0.2, 0.25) is 0 Å². The van der Waals surface area contributed by atoms with Gasteiger partial charge in [0.1, 0.15) is 0 Å². The van der Waals surface area contributed by atoms with Crippen LogP contribution in [-0.2, 0) is 0 Å². The maximum atomic E-state index is 5.78. The minimum atomic E-state index is 0.617. The van der Waals surface area contributed by atoms with Crippen molar-refractivity contribution in [2.75, 3.05) is 6.54 Å². The van der Waals surface area contributed by atoms with E-state index in [1.54, 1.807) is 0 Å². The molecule has 1 aromatic heterocycles. The molecule has 16 heavy (non-hydrogen) atoms. The molecule has 0 spiro atoms. The van der Waals surface area contributed by atoms with Gasteiger partial charge < -0.3 is 5.73 Å². The molecule has 88 valence electrons. The van der Waals surface area contributed by atoms with Crippen molar-refractivity contribution < 1.29 is 0 Å². The van der Waals surface area contributed by atoms with E-state index in [0.29, 0.717) is 11.2 Å². The number of nitrogens with two attached hydrogens (primary N) is 1. The first-order valence-corrected chi connectivity index (χ1v) is 6.76. The van der Waals surface area contributed by atoms with E-state index >= 15 is 0 Å². The highest BCUT2D eigenvalue weighted by Crippen LogP contribution is 2.37. The summed E-state index contributed by atoms with van der Waals surface area (Å²) in [5, 5.41) is 1.54. The molecule has 4 heteroatoms. The highest BCUT2D eigenvalue weighted by atomic mass is 32.2. The van der Waals surface area contributed by atoms with Gasteiger partial charge >= 0.3 is 0 Å². The molecule has 1 aromatic rings. The molecule has 0 saturated heterocycles. The Morgan fingerprint density at radius 2 is 2.00 bits per heavy atom. The first-order chi connectivity index (χ1) is 7.69. The van der Waals surface area contributed by atoms with Crippen LogP contribution in [0, 0.1) is 19.8 Å². The number of rotatable bonds is 3. The zero-order valence-corrected chi connectivity index (χ0v) is 10.8. The Bertz CT molecular complexity index is 347. The van der Waals surface area contributed by atoms with Gasteiger partial charge in [0.15, 0.2) is 5.16 Å². The number of nitrogens with zero attached hydrogens (tertiary/aromatic N) is 2. The van der Waals surface area contributed by atoms with Gasteiger partial charge in [-0.15, -0.1) is 0 Å².